The van der Waals surface area contributed by atoms with Crippen molar-refractivity contribution in [3.8, 4) is 0 Å². The topological polar surface area (TPSA) is 37.4 Å². The lowest BCUT2D eigenvalue weighted by Crippen LogP contribution is -2.48. The van der Waals surface area contributed by atoms with Gasteiger partial charge in [0.15, 0.2) is 0 Å². The smallest absolute Gasteiger partial charge is 0.0911 e. The number of hydrogen-bond donors (Lipinski definition) is 1. The molecule has 0 aromatic carbocycles. The SMILES string of the molecule is CCN1CCOC(CNC)C1c1ccc(Br)cn1. The van der Waals surface area contributed by atoms with E-state index in [1.807, 2.05) is 19.3 Å². The molecule has 2 heterocycles. The molecule has 0 aliphatic carbocycles. The molecule has 18 heavy (non-hydrogen) atoms. The molecule has 2 atom stereocenters. The first-order valence-corrected chi connectivity index (χ1v) is 7.17. The van der Waals surface area contributed by atoms with Crippen molar-refractivity contribution >= 4 is 15.9 Å². The predicted octanol–water partition coefficient (Wildman–Crippen LogP) is 1.83. The molecule has 2 unspecified atom stereocenters. The van der Waals surface area contributed by atoms with Gasteiger partial charge >= 0.3 is 0 Å². The first-order valence-electron chi connectivity index (χ1n) is 6.38. The Hall–Kier alpha value is -0.490. The maximum Gasteiger partial charge on any atom is 0.0911 e. The maximum atomic E-state index is 5.89. The summed E-state index contributed by atoms with van der Waals surface area (Å²) >= 11 is 3.43. The number of nitrogens with zero attached hydrogens (tertiary/aromatic N) is 2. The van der Waals surface area contributed by atoms with Crippen molar-refractivity contribution in [2.45, 2.75) is 19.1 Å². The van der Waals surface area contributed by atoms with Gasteiger partial charge < -0.3 is 10.1 Å². The Labute approximate surface area is 117 Å². The highest BCUT2D eigenvalue weighted by atomic mass is 79.9. The van der Waals surface area contributed by atoms with E-state index in [1.54, 1.807) is 0 Å². The summed E-state index contributed by atoms with van der Waals surface area (Å²) < 4.78 is 6.90. The zero-order chi connectivity index (χ0) is 13.0. The van der Waals surface area contributed by atoms with Gasteiger partial charge in [0.1, 0.15) is 0 Å². The van der Waals surface area contributed by atoms with E-state index in [9.17, 15) is 0 Å². The zero-order valence-electron chi connectivity index (χ0n) is 10.9. The van der Waals surface area contributed by atoms with Crippen LogP contribution in [-0.4, -0.2) is 49.3 Å². The highest BCUT2D eigenvalue weighted by molar-refractivity contribution is 9.10. The van der Waals surface area contributed by atoms with E-state index in [-0.39, 0.29) is 12.1 Å². The van der Waals surface area contributed by atoms with E-state index in [1.165, 1.54) is 0 Å². The first-order chi connectivity index (χ1) is 8.76. The lowest BCUT2D eigenvalue weighted by atomic mass is 10.0. The van der Waals surface area contributed by atoms with Gasteiger partial charge in [-0.2, -0.15) is 0 Å². The highest BCUT2D eigenvalue weighted by Gasteiger charge is 2.33. The number of nitrogens with one attached hydrogen (secondary N) is 1. The monoisotopic (exact) mass is 313 g/mol. The van der Waals surface area contributed by atoms with Crippen LogP contribution < -0.4 is 5.32 Å². The second kappa shape index (κ2) is 6.61. The Morgan fingerprint density at radius 3 is 3.00 bits per heavy atom. The van der Waals surface area contributed by atoms with Crippen LogP contribution >= 0.6 is 15.9 Å². The van der Waals surface area contributed by atoms with Gasteiger partial charge in [0.25, 0.3) is 0 Å². The molecule has 100 valence electrons. The van der Waals surface area contributed by atoms with Crippen LogP contribution in [0.2, 0.25) is 0 Å². The molecule has 0 radical (unpaired) electrons. The van der Waals surface area contributed by atoms with Crippen LogP contribution in [0.5, 0.6) is 0 Å². The van der Waals surface area contributed by atoms with Gasteiger partial charge in [-0.15, -0.1) is 0 Å². The summed E-state index contributed by atoms with van der Waals surface area (Å²) in [7, 11) is 1.96. The van der Waals surface area contributed by atoms with Gasteiger partial charge in [0.05, 0.1) is 24.4 Å². The Morgan fingerprint density at radius 2 is 2.39 bits per heavy atom. The third-order valence-electron chi connectivity index (χ3n) is 3.32. The van der Waals surface area contributed by atoms with Gasteiger partial charge in [0, 0.05) is 23.8 Å². The summed E-state index contributed by atoms with van der Waals surface area (Å²) in [5, 5.41) is 3.20. The van der Waals surface area contributed by atoms with Crippen LogP contribution in [0.3, 0.4) is 0 Å². The third kappa shape index (κ3) is 3.09. The minimum atomic E-state index is 0.164. The summed E-state index contributed by atoms with van der Waals surface area (Å²) in [6, 6.07) is 4.36. The van der Waals surface area contributed by atoms with E-state index in [4.69, 9.17) is 4.74 Å². The zero-order valence-corrected chi connectivity index (χ0v) is 12.5. The summed E-state index contributed by atoms with van der Waals surface area (Å²) in [4.78, 5) is 6.97. The van der Waals surface area contributed by atoms with Crippen LogP contribution in [0.25, 0.3) is 0 Å². The van der Waals surface area contributed by atoms with Crippen molar-refractivity contribution in [2.75, 3.05) is 33.3 Å². The molecule has 1 aliphatic heterocycles. The van der Waals surface area contributed by atoms with Gasteiger partial charge in [0.2, 0.25) is 0 Å². The normalized spacial score (nSPS) is 25.3. The lowest BCUT2D eigenvalue weighted by molar-refractivity contribution is -0.0700. The van der Waals surface area contributed by atoms with E-state index >= 15 is 0 Å². The number of halogens is 1. The molecule has 5 heteroatoms. The Bertz CT molecular complexity index is 369. The predicted molar refractivity (Wildman–Crippen MR) is 75.6 cm³/mol. The molecule has 0 saturated carbocycles. The molecule has 1 saturated heterocycles. The molecule has 0 bridgehead atoms. The second-order valence-electron chi connectivity index (χ2n) is 4.44. The van der Waals surface area contributed by atoms with Crippen LogP contribution in [0.15, 0.2) is 22.8 Å². The number of pyridine rings is 1. The van der Waals surface area contributed by atoms with E-state index in [0.717, 1.165) is 36.4 Å². The van der Waals surface area contributed by atoms with E-state index in [2.05, 4.69) is 44.1 Å². The minimum Gasteiger partial charge on any atom is -0.374 e. The van der Waals surface area contributed by atoms with Crippen LogP contribution in [0.1, 0.15) is 18.7 Å². The fourth-order valence-corrected chi connectivity index (χ4v) is 2.69. The Kier molecular flexibility index (Phi) is 5.12. The van der Waals surface area contributed by atoms with Crippen LogP contribution in [-0.2, 0) is 4.74 Å². The van der Waals surface area contributed by atoms with Gasteiger partial charge in [-0.3, -0.25) is 9.88 Å². The molecule has 1 aromatic rings. The summed E-state index contributed by atoms with van der Waals surface area (Å²) in [5.41, 5.74) is 1.08. The van der Waals surface area contributed by atoms with Gasteiger partial charge in [-0.05, 0) is 41.7 Å². The van der Waals surface area contributed by atoms with E-state index < -0.39 is 0 Å². The first kappa shape index (κ1) is 13.9. The average molecular weight is 314 g/mol. The van der Waals surface area contributed by atoms with Crippen molar-refractivity contribution in [3.63, 3.8) is 0 Å². The number of morpholine rings is 1. The molecule has 2 rings (SSSR count). The Balaban J connectivity index is 2.24. The number of likely N-dealkylation sites (N-methyl/N-ethyl adjacent to an activating group) is 2. The Morgan fingerprint density at radius 1 is 1.56 bits per heavy atom. The molecule has 1 fully saturated rings. The van der Waals surface area contributed by atoms with Crippen molar-refractivity contribution in [1.82, 2.24) is 15.2 Å². The minimum absolute atomic E-state index is 0.164. The van der Waals surface area contributed by atoms with Gasteiger partial charge in [-0.1, -0.05) is 6.92 Å². The highest BCUT2D eigenvalue weighted by Crippen LogP contribution is 2.28. The molecule has 0 amide bonds. The molecular formula is C13H20BrN3O. The number of rotatable bonds is 4. The van der Waals surface area contributed by atoms with Crippen LogP contribution in [0, 0.1) is 0 Å². The average Bonchev–Trinajstić information content (AvgIpc) is 2.40. The summed E-state index contributed by atoms with van der Waals surface area (Å²) in [5.74, 6) is 0. The standard InChI is InChI=1S/C13H20BrN3O/c1-3-17-6-7-18-12(9-15-2)13(17)11-5-4-10(14)8-16-11/h4-5,8,12-13,15H,3,6-7,9H2,1-2H3. The van der Waals surface area contributed by atoms with Crippen molar-refractivity contribution in [2.24, 2.45) is 0 Å². The second-order valence-corrected chi connectivity index (χ2v) is 5.36. The maximum absolute atomic E-state index is 5.89. The fraction of sp³-hybridized carbons (Fsp3) is 0.615. The third-order valence-corrected chi connectivity index (χ3v) is 3.79. The number of hydrogen-bond acceptors (Lipinski definition) is 4. The number of aromatic nitrogens is 1. The molecule has 0 spiro atoms. The molecular weight excluding hydrogens is 294 g/mol. The van der Waals surface area contributed by atoms with Crippen molar-refractivity contribution in [1.29, 1.82) is 0 Å². The largest absolute Gasteiger partial charge is 0.374 e. The van der Waals surface area contributed by atoms with Crippen LogP contribution in [0.4, 0.5) is 0 Å². The summed E-state index contributed by atoms with van der Waals surface area (Å²) in [6.07, 6.45) is 2.02. The number of ether oxygens (including phenoxy) is 1. The summed E-state index contributed by atoms with van der Waals surface area (Å²) in [6.45, 7) is 5.82. The molecule has 1 N–H and O–H groups in total. The van der Waals surface area contributed by atoms with Crippen molar-refractivity contribution in [3.05, 3.63) is 28.5 Å². The lowest BCUT2D eigenvalue weighted by Gasteiger charge is -2.40. The molecule has 4 nitrogen and oxygen atoms in total. The molecule has 1 aliphatic rings. The van der Waals surface area contributed by atoms with E-state index in [0.29, 0.717) is 0 Å². The fourth-order valence-electron chi connectivity index (χ4n) is 2.45. The molecule has 1 aromatic heterocycles. The quantitative estimate of drug-likeness (QED) is 0.920. The van der Waals surface area contributed by atoms with Crippen molar-refractivity contribution < 1.29 is 4.74 Å². The van der Waals surface area contributed by atoms with Gasteiger partial charge in [-0.25, -0.2) is 0 Å².